The standard InChI is InChI=1S/C32H36FN5O2S2/c1-36(2)26-14-12-25(13-15-26)34-30(40)32(16-18-42-19-17-32)38(20-24-10-6-7-11-27(24)33)29(39)22-37-21-28(35-31(37)41)23-8-4-3-5-9-23/h3-15,28H,16-22H2,1-2H3,(H,34,40)(H,35,41)/t28-/m0/s1. The molecule has 2 saturated heterocycles. The predicted molar refractivity (Wildman–Crippen MR) is 172 cm³/mol. The third-order valence-corrected chi connectivity index (χ3v) is 9.37. The van der Waals surface area contributed by atoms with Crippen molar-refractivity contribution in [2.45, 2.75) is 31.0 Å². The maximum atomic E-state index is 15.0. The molecule has 2 aliphatic heterocycles. The third kappa shape index (κ3) is 6.55. The highest BCUT2D eigenvalue weighted by molar-refractivity contribution is 7.99. The molecule has 0 radical (unpaired) electrons. The van der Waals surface area contributed by atoms with Gasteiger partial charge in [-0.3, -0.25) is 9.59 Å². The van der Waals surface area contributed by atoms with Crippen LogP contribution in [0, 0.1) is 5.82 Å². The van der Waals surface area contributed by atoms with Gasteiger partial charge in [0.2, 0.25) is 11.8 Å². The second-order valence-corrected chi connectivity index (χ2v) is 12.5. The zero-order valence-corrected chi connectivity index (χ0v) is 25.5. The number of anilines is 2. The first-order valence-electron chi connectivity index (χ1n) is 14.1. The maximum Gasteiger partial charge on any atom is 0.250 e. The van der Waals surface area contributed by atoms with Crippen LogP contribution >= 0.6 is 24.0 Å². The van der Waals surface area contributed by atoms with E-state index < -0.39 is 11.4 Å². The molecule has 7 nitrogen and oxygen atoms in total. The average Bonchev–Trinajstić information content (AvgIpc) is 3.37. The molecule has 0 spiro atoms. The largest absolute Gasteiger partial charge is 0.378 e. The topological polar surface area (TPSA) is 67.9 Å². The number of hydrogen-bond acceptors (Lipinski definition) is 5. The molecule has 0 saturated carbocycles. The smallest absolute Gasteiger partial charge is 0.250 e. The van der Waals surface area contributed by atoms with Crippen LogP contribution in [0.5, 0.6) is 0 Å². The van der Waals surface area contributed by atoms with Gasteiger partial charge >= 0.3 is 0 Å². The molecule has 2 fully saturated rings. The van der Waals surface area contributed by atoms with E-state index in [1.165, 1.54) is 6.07 Å². The van der Waals surface area contributed by atoms with Gasteiger partial charge < -0.3 is 25.3 Å². The molecule has 3 aromatic carbocycles. The van der Waals surface area contributed by atoms with Gasteiger partial charge in [0.1, 0.15) is 11.4 Å². The normalized spacial score (nSPS) is 17.8. The van der Waals surface area contributed by atoms with Crippen molar-refractivity contribution in [1.82, 2.24) is 15.1 Å². The van der Waals surface area contributed by atoms with E-state index in [0.29, 0.717) is 47.3 Å². The molecule has 0 bridgehead atoms. The first-order chi connectivity index (χ1) is 20.3. The van der Waals surface area contributed by atoms with E-state index in [1.54, 1.807) is 34.9 Å². The number of nitrogens with one attached hydrogen (secondary N) is 2. The summed E-state index contributed by atoms with van der Waals surface area (Å²) >= 11 is 7.38. The van der Waals surface area contributed by atoms with Gasteiger partial charge in [-0.2, -0.15) is 11.8 Å². The summed E-state index contributed by atoms with van der Waals surface area (Å²) in [5.41, 5.74) is 1.97. The number of rotatable bonds is 9. The molecule has 0 aliphatic carbocycles. The molecule has 0 aromatic heterocycles. The number of benzene rings is 3. The minimum atomic E-state index is -1.14. The van der Waals surface area contributed by atoms with Crippen molar-refractivity contribution in [3.05, 3.63) is 95.8 Å². The molecule has 1 atom stereocenters. The minimum absolute atomic E-state index is 0.0106. The van der Waals surface area contributed by atoms with Crippen LogP contribution in [0.1, 0.15) is 30.0 Å². The van der Waals surface area contributed by atoms with E-state index in [0.717, 1.165) is 11.3 Å². The molecule has 220 valence electrons. The molecule has 2 amide bonds. The maximum absolute atomic E-state index is 15.0. The Labute approximate surface area is 256 Å². The van der Waals surface area contributed by atoms with Crippen LogP contribution in [0.25, 0.3) is 0 Å². The zero-order valence-electron chi connectivity index (χ0n) is 23.9. The summed E-state index contributed by atoms with van der Waals surface area (Å²) < 4.78 is 15.0. The Morgan fingerprint density at radius 1 is 1.02 bits per heavy atom. The average molecular weight is 606 g/mol. The summed E-state index contributed by atoms with van der Waals surface area (Å²) in [6.45, 7) is 0.498. The third-order valence-electron chi connectivity index (χ3n) is 8.00. The summed E-state index contributed by atoms with van der Waals surface area (Å²) in [6.07, 6.45) is 0.934. The van der Waals surface area contributed by atoms with Gasteiger partial charge in [0, 0.05) is 44.1 Å². The quantitative estimate of drug-likeness (QED) is 0.331. The summed E-state index contributed by atoms with van der Waals surface area (Å²) in [5.74, 6) is 0.509. The number of thioether (sulfide) groups is 1. The van der Waals surface area contributed by atoms with E-state index in [-0.39, 0.29) is 30.9 Å². The first-order valence-corrected chi connectivity index (χ1v) is 15.6. The number of hydrogen-bond donors (Lipinski definition) is 2. The fraction of sp³-hybridized carbons (Fsp3) is 0.344. The van der Waals surface area contributed by atoms with Crippen molar-refractivity contribution in [2.24, 2.45) is 0 Å². The van der Waals surface area contributed by atoms with Crippen molar-refractivity contribution in [3.63, 3.8) is 0 Å². The highest BCUT2D eigenvalue weighted by atomic mass is 32.2. The molecule has 2 heterocycles. The van der Waals surface area contributed by atoms with Gasteiger partial charge in [0.05, 0.1) is 12.6 Å². The van der Waals surface area contributed by atoms with Gasteiger partial charge in [-0.15, -0.1) is 0 Å². The molecular weight excluding hydrogens is 570 g/mol. The highest BCUT2D eigenvalue weighted by Crippen LogP contribution is 2.36. The van der Waals surface area contributed by atoms with Crippen molar-refractivity contribution in [2.75, 3.05) is 48.9 Å². The van der Waals surface area contributed by atoms with Gasteiger partial charge in [-0.05, 0) is 72.5 Å². The van der Waals surface area contributed by atoms with Crippen LogP contribution in [0.4, 0.5) is 15.8 Å². The fourth-order valence-corrected chi connectivity index (χ4v) is 6.99. The van der Waals surface area contributed by atoms with Gasteiger partial charge in [-0.25, -0.2) is 4.39 Å². The van der Waals surface area contributed by atoms with Crippen LogP contribution in [-0.2, 0) is 16.1 Å². The van der Waals surface area contributed by atoms with Crippen LogP contribution in [0.15, 0.2) is 78.9 Å². The number of carbonyl (C=O) groups is 2. The lowest BCUT2D eigenvalue weighted by Gasteiger charge is -2.45. The van der Waals surface area contributed by atoms with Crippen molar-refractivity contribution in [1.29, 1.82) is 0 Å². The number of nitrogens with zero attached hydrogens (tertiary/aromatic N) is 3. The Hall–Kier alpha value is -3.63. The van der Waals surface area contributed by atoms with Crippen LogP contribution in [0.3, 0.4) is 0 Å². The number of amides is 2. The molecule has 42 heavy (non-hydrogen) atoms. The first kappa shape index (κ1) is 29.8. The Morgan fingerprint density at radius 2 is 1.69 bits per heavy atom. The molecule has 3 aromatic rings. The lowest BCUT2D eigenvalue weighted by atomic mass is 9.87. The lowest BCUT2D eigenvalue weighted by molar-refractivity contribution is -0.147. The minimum Gasteiger partial charge on any atom is -0.378 e. The Balaban J connectivity index is 1.44. The molecule has 2 N–H and O–H groups in total. The van der Waals surface area contributed by atoms with Crippen molar-refractivity contribution >= 4 is 52.3 Å². The summed E-state index contributed by atoms with van der Waals surface area (Å²) in [5, 5.41) is 6.89. The van der Waals surface area contributed by atoms with E-state index in [9.17, 15) is 14.0 Å². The second kappa shape index (κ2) is 13.1. The van der Waals surface area contributed by atoms with Gasteiger partial charge in [-0.1, -0.05) is 48.5 Å². The van der Waals surface area contributed by atoms with E-state index >= 15 is 0 Å². The number of thiocarbonyl (C=S) groups is 1. The highest BCUT2D eigenvalue weighted by Gasteiger charge is 2.48. The molecule has 2 aliphatic rings. The Morgan fingerprint density at radius 3 is 2.36 bits per heavy atom. The SMILES string of the molecule is CN(C)c1ccc(NC(=O)C2(N(Cc3ccccc3F)C(=O)CN3C[C@@H](c4ccccc4)NC3=S)CCSCC2)cc1. The molecule has 5 rings (SSSR count). The zero-order chi connectivity index (χ0) is 29.7. The van der Waals surface area contributed by atoms with Crippen LogP contribution in [-0.4, -0.2) is 71.0 Å². The molecule has 0 unspecified atom stereocenters. The molecular formula is C32H36FN5O2S2. The number of halogens is 1. The summed E-state index contributed by atoms with van der Waals surface area (Å²) in [6, 6.07) is 24.0. The Kier molecular flexibility index (Phi) is 9.33. The summed E-state index contributed by atoms with van der Waals surface area (Å²) in [7, 11) is 3.91. The van der Waals surface area contributed by atoms with Crippen molar-refractivity contribution in [3.8, 4) is 0 Å². The predicted octanol–water partition coefficient (Wildman–Crippen LogP) is 5.06. The summed E-state index contributed by atoms with van der Waals surface area (Å²) in [4.78, 5) is 33.9. The number of carbonyl (C=O) groups excluding carboxylic acids is 2. The van der Waals surface area contributed by atoms with E-state index in [2.05, 4.69) is 10.6 Å². The monoisotopic (exact) mass is 605 g/mol. The van der Waals surface area contributed by atoms with Gasteiger partial charge in [0.15, 0.2) is 5.11 Å². The lowest BCUT2D eigenvalue weighted by Crippen LogP contribution is -2.62. The van der Waals surface area contributed by atoms with Crippen LogP contribution < -0.4 is 15.5 Å². The molecule has 10 heteroatoms. The van der Waals surface area contributed by atoms with Gasteiger partial charge in [0.25, 0.3) is 0 Å². The van der Waals surface area contributed by atoms with Crippen LogP contribution in [0.2, 0.25) is 0 Å². The van der Waals surface area contributed by atoms with E-state index in [4.69, 9.17) is 12.2 Å². The van der Waals surface area contributed by atoms with Crippen molar-refractivity contribution < 1.29 is 14.0 Å². The Bertz CT molecular complexity index is 1410. The van der Waals surface area contributed by atoms with E-state index in [1.807, 2.05) is 78.5 Å². The fourth-order valence-electron chi connectivity index (χ4n) is 5.54. The second-order valence-electron chi connectivity index (χ2n) is 10.9.